The zero-order valence-electron chi connectivity index (χ0n) is 9.59. The second kappa shape index (κ2) is 4.91. The molecule has 92 valence electrons. The van der Waals surface area contributed by atoms with Gasteiger partial charge < -0.3 is 16.4 Å². The van der Waals surface area contributed by atoms with Crippen molar-refractivity contribution in [1.82, 2.24) is 10.3 Å². The molecule has 1 aromatic rings. The Morgan fingerprint density at radius 1 is 1.65 bits per heavy atom. The summed E-state index contributed by atoms with van der Waals surface area (Å²) in [6.07, 6.45) is 3.77. The molecule has 1 saturated carbocycles. The van der Waals surface area contributed by atoms with Gasteiger partial charge in [0.05, 0.1) is 22.9 Å². The summed E-state index contributed by atoms with van der Waals surface area (Å²) in [7, 11) is 0. The summed E-state index contributed by atoms with van der Waals surface area (Å²) in [5.74, 6) is 0.637. The minimum absolute atomic E-state index is 0.00400. The molecule has 0 atom stereocenters. The summed E-state index contributed by atoms with van der Waals surface area (Å²) >= 11 is 3.41. The maximum absolute atomic E-state index is 11.5. The molecular formula is C11H15BrN4O. The summed E-state index contributed by atoms with van der Waals surface area (Å²) in [4.78, 5) is 15.6. The van der Waals surface area contributed by atoms with Crippen LogP contribution in [0.1, 0.15) is 18.4 Å². The normalized spacial score (nSPS) is 14.5. The maximum atomic E-state index is 11.5. The van der Waals surface area contributed by atoms with Crippen LogP contribution in [-0.4, -0.2) is 23.5 Å². The number of rotatable bonds is 4. The molecule has 0 aromatic carbocycles. The summed E-state index contributed by atoms with van der Waals surface area (Å²) in [6.45, 7) is 2.13. The van der Waals surface area contributed by atoms with Crippen molar-refractivity contribution in [3.8, 4) is 0 Å². The van der Waals surface area contributed by atoms with E-state index in [1.165, 1.54) is 0 Å². The first-order chi connectivity index (χ1) is 8.08. The Bertz CT molecular complexity index is 445. The summed E-state index contributed by atoms with van der Waals surface area (Å²) in [6, 6.07) is 0.383. The number of hydrogen-bond donors (Lipinski definition) is 3. The molecule has 0 saturated heterocycles. The second-order valence-electron chi connectivity index (χ2n) is 4.20. The van der Waals surface area contributed by atoms with Gasteiger partial charge in [0.2, 0.25) is 5.91 Å². The van der Waals surface area contributed by atoms with Crippen molar-refractivity contribution < 1.29 is 4.79 Å². The van der Waals surface area contributed by atoms with Crippen LogP contribution in [0.25, 0.3) is 0 Å². The lowest BCUT2D eigenvalue weighted by atomic mass is 10.2. The molecular weight excluding hydrogens is 284 g/mol. The predicted octanol–water partition coefficient (Wildman–Crippen LogP) is 1.43. The first kappa shape index (κ1) is 12.2. The summed E-state index contributed by atoms with van der Waals surface area (Å²) in [5, 5.41) is 5.89. The SMILES string of the molecule is Cc1c(N)cnc(NCC(=O)NC2CC2)c1Br. The lowest BCUT2D eigenvalue weighted by Gasteiger charge is -2.10. The van der Waals surface area contributed by atoms with Crippen LogP contribution in [0.4, 0.5) is 11.5 Å². The molecule has 17 heavy (non-hydrogen) atoms. The zero-order chi connectivity index (χ0) is 12.4. The van der Waals surface area contributed by atoms with E-state index in [-0.39, 0.29) is 12.5 Å². The molecule has 1 amide bonds. The third kappa shape index (κ3) is 3.09. The number of nitrogens with one attached hydrogen (secondary N) is 2. The van der Waals surface area contributed by atoms with Gasteiger partial charge in [0, 0.05) is 6.04 Å². The van der Waals surface area contributed by atoms with Crippen LogP contribution in [0.15, 0.2) is 10.7 Å². The molecule has 0 aliphatic heterocycles. The summed E-state index contributed by atoms with van der Waals surface area (Å²) in [5.41, 5.74) is 7.27. The molecule has 0 spiro atoms. The molecule has 5 nitrogen and oxygen atoms in total. The average Bonchev–Trinajstić information content (AvgIpc) is 3.09. The topological polar surface area (TPSA) is 80.0 Å². The maximum Gasteiger partial charge on any atom is 0.239 e. The van der Waals surface area contributed by atoms with Gasteiger partial charge in [-0.1, -0.05) is 0 Å². The molecule has 1 aliphatic carbocycles. The highest BCUT2D eigenvalue weighted by Gasteiger charge is 2.23. The number of aromatic nitrogens is 1. The van der Waals surface area contributed by atoms with Crippen molar-refractivity contribution in [2.24, 2.45) is 0 Å². The fourth-order valence-electron chi connectivity index (χ4n) is 1.39. The van der Waals surface area contributed by atoms with Crippen LogP contribution in [0, 0.1) is 6.92 Å². The van der Waals surface area contributed by atoms with E-state index in [9.17, 15) is 4.79 Å². The molecule has 1 aromatic heterocycles. The van der Waals surface area contributed by atoms with Gasteiger partial charge in [-0.3, -0.25) is 4.79 Å². The van der Waals surface area contributed by atoms with Crippen molar-refractivity contribution in [2.75, 3.05) is 17.6 Å². The Morgan fingerprint density at radius 3 is 3.00 bits per heavy atom. The number of carbonyl (C=O) groups is 1. The van der Waals surface area contributed by atoms with E-state index in [1.807, 2.05) is 6.92 Å². The molecule has 2 rings (SSSR count). The smallest absolute Gasteiger partial charge is 0.239 e. The fourth-order valence-corrected chi connectivity index (χ4v) is 1.86. The van der Waals surface area contributed by atoms with Gasteiger partial charge in [0.15, 0.2) is 0 Å². The quantitative estimate of drug-likeness (QED) is 0.785. The largest absolute Gasteiger partial charge is 0.397 e. The standard InChI is InChI=1S/C11H15BrN4O/c1-6-8(13)4-14-11(10(6)12)15-5-9(17)16-7-2-3-7/h4,7H,2-3,5,13H2,1H3,(H,14,15)(H,16,17). The second-order valence-corrected chi connectivity index (χ2v) is 4.99. The first-order valence-electron chi connectivity index (χ1n) is 5.51. The number of amides is 1. The Morgan fingerprint density at radius 2 is 2.35 bits per heavy atom. The average molecular weight is 299 g/mol. The molecule has 4 N–H and O–H groups in total. The van der Waals surface area contributed by atoms with Crippen molar-refractivity contribution in [3.63, 3.8) is 0 Å². The highest BCUT2D eigenvalue weighted by atomic mass is 79.9. The van der Waals surface area contributed by atoms with Crippen molar-refractivity contribution in [1.29, 1.82) is 0 Å². The molecule has 0 unspecified atom stereocenters. The van der Waals surface area contributed by atoms with Crippen LogP contribution in [0.5, 0.6) is 0 Å². The van der Waals surface area contributed by atoms with Gasteiger partial charge in [-0.15, -0.1) is 0 Å². The predicted molar refractivity (Wildman–Crippen MR) is 70.7 cm³/mol. The molecule has 1 heterocycles. The number of nitrogens with two attached hydrogens (primary N) is 1. The molecule has 1 fully saturated rings. The summed E-state index contributed by atoms with van der Waals surface area (Å²) < 4.78 is 0.803. The van der Waals surface area contributed by atoms with E-state index < -0.39 is 0 Å². The Balaban J connectivity index is 1.94. The van der Waals surface area contributed by atoms with Crippen LogP contribution >= 0.6 is 15.9 Å². The van der Waals surface area contributed by atoms with Crippen molar-refractivity contribution in [2.45, 2.75) is 25.8 Å². The number of nitrogen functional groups attached to an aromatic ring is 1. The van der Waals surface area contributed by atoms with Crippen molar-refractivity contribution >= 4 is 33.3 Å². The van der Waals surface area contributed by atoms with Crippen LogP contribution in [-0.2, 0) is 4.79 Å². The van der Waals surface area contributed by atoms with Crippen molar-refractivity contribution in [3.05, 3.63) is 16.2 Å². The highest BCUT2D eigenvalue weighted by molar-refractivity contribution is 9.10. The molecule has 0 radical (unpaired) electrons. The number of hydrogen-bond acceptors (Lipinski definition) is 4. The highest BCUT2D eigenvalue weighted by Crippen LogP contribution is 2.27. The van der Waals surface area contributed by atoms with Gasteiger partial charge in [-0.25, -0.2) is 4.98 Å². The zero-order valence-corrected chi connectivity index (χ0v) is 11.2. The molecule has 6 heteroatoms. The Kier molecular flexibility index (Phi) is 3.51. The lowest BCUT2D eigenvalue weighted by molar-refractivity contribution is -0.119. The van der Waals surface area contributed by atoms with Gasteiger partial charge in [0.25, 0.3) is 0 Å². The Hall–Kier alpha value is -1.30. The molecule has 1 aliphatic rings. The number of halogens is 1. The monoisotopic (exact) mass is 298 g/mol. The minimum atomic E-state index is -0.00400. The van der Waals surface area contributed by atoms with E-state index in [2.05, 4.69) is 31.5 Å². The van der Waals surface area contributed by atoms with Crippen LogP contribution in [0.3, 0.4) is 0 Å². The lowest BCUT2D eigenvalue weighted by Crippen LogP contribution is -2.31. The van der Waals surface area contributed by atoms with E-state index in [4.69, 9.17) is 5.73 Å². The number of carbonyl (C=O) groups excluding carboxylic acids is 1. The van der Waals surface area contributed by atoms with Gasteiger partial charge in [-0.2, -0.15) is 0 Å². The van der Waals surface area contributed by atoms with Crippen LogP contribution < -0.4 is 16.4 Å². The third-order valence-corrected chi connectivity index (χ3v) is 3.63. The minimum Gasteiger partial charge on any atom is -0.397 e. The fraction of sp³-hybridized carbons (Fsp3) is 0.455. The first-order valence-corrected chi connectivity index (χ1v) is 6.31. The van der Waals surface area contributed by atoms with Gasteiger partial charge in [-0.05, 0) is 41.3 Å². The van der Waals surface area contributed by atoms with E-state index in [1.54, 1.807) is 6.20 Å². The number of anilines is 2. The van der Waals surface area contributed by atoms with E-state index in [0.717, 1.165) is 22.9 Å². The number of pyridine rings is 1. The van der Waals surface area contributed by atoms with E-state index >= 15 is 0 Å². The van der Waals surface area contributed by atoms with Crippen LogP contribution in [0.2, 0.25) is 0 Å². The van der Waals surface area contributed by atoms with Gasteiger partial charge in [0.1, 0.15) is 5.82 Å². The van der Waals surface area contributed by atoms with Gasteiger partial charge >= 0.3 is 0 Å². The van der Waals surface area contributed by atoms with E-state index in [0.29, 0.717) is 17.5 Å². The number of nitrogens with zero attached hydrogens (tertiary/aromatic N) is 1. The molecule has 0 bridgehead atoms. The third-order valence-electron chi connectivity index (χ3n) is 2.66. The Labute approximate surface area is 108 Å².